The number of aromatic amines is 1. The van der Waals surface area contributed by atoms with Gasteiger partial charge in [-0.2, -0.15) is 0 Å². The predicted molar refractivity (Wildman–Crippen MR) is 146 cm³/mol. The first-order chi connectivity index (χ1) is 18.3. The fraction of sp³-hybridized carbons (Fsp3) is 0.407. The normalized spacial score (nSPS) is 14.6. The third kappa shape index (κ3) is 6.05. The van der Waals surface area contributed by atoms with Crippen LogP contribution in [0.1, 0.15) is 45.4 Å². The molecule has 0 radical (unpaired) electrons. The van der Waals surface area contributed by atoms with E-state index >= 15 is 0 Å². The van der Waals surface area contributed by atoms with E-state index in [9.17, 15) is 19.2 Å². The number of nitrogens with one attached hydrogen (secondary N) is 1. The number of methoxy groups -OCH3 is 1. The Bertz CT molecular complexity index is 1410. The first-order valence-electron chi connectivity index (χ1n) is 12.6. The summed E-state index contributed by atoms with van der Waals surface area (Å²) in [6.07, 6.45) is 4.09. The molecule has 2 aromatic heterocycles. The SMILES string of the molecule is CC[C@@H]1CCc2sc(C(=O)OCC(=O)N(CCOC)c3c(N)n(Cc4ccccc4)c(=O)[nH]c3=O)cc2C1. The average molecular weight is 541 g/mol. The van der Waals surface area contributed by atoms with Crippen LogP contribution in [-0.2, 0) is 33.7 Å². The number of thiophene rings is 1. The summed E-state index contributed by atoms with van der Waals surface area (Å²) in [5.41, 5.74) is 6.52. The third-order valence-electron chi connectivity index (χ3n) is 6.78. The second-order valence-corrected chi connectivity index (χ2v) is 10.4. The number of amides is 1. The monoisotopic (exact) mass is 540 g/mol. The van der Waals surface area contributed by atoms with Crippen molar-refractivity contribution >= 4 is 34.7 Å². The summed E-state index contributed by atoms with van der Waals surface area (Å²) in [4.78, 5) is 56.3. The lowest BCUT2D eigenvalue weighted by Crippen LogP contribution is -2.44. The van der Waals surface area contributed by atoms with Crippen molar-refractivity contribution < 1.29 is 19.1 Å². The van der Waals surface area contributed by atoms with Crippen molar-refractivity contribution in [2.45, 2.75) is 39.2 Å². The Morgan fingerprint density at radius 2 is 2.00 bits per heavy atom. The van der Waals surface area contributed by atoms with Crippen LogP contribution in [0.15, 0.2) is 46.0 Å². The van der Waals surface area contributed by atoms with Gasteiger partial charge in [0.15, 0.2) is 12.3 Å². The zero-order valence-electron chi connectivity index (χ0n) is 21.5. The lowest BCUT2D eigenvalue weighted by molar-refractivity contribution is -0.121. The van der Waals surface area contributed by atoms with Crippen LogP contribution in [0.3, 0.4) is 0 Å². The van der Waals surface area contributed by atoms with E-state index in [4.69, 9.17) is 15.2 Å². The molecule has 0 fully saturated rings. The Morgan fingerprint density at radius 3 is 2.71 bits per heavy atom. The number of rotatable bonds is 10. The highest BCUT2D eigenvalue weighted by atomic mass is 32.1. The molecule has 1 aliphatic carbocycles. The number of H-pyrrole nitrogens is 1. The van der Waals surface area contributed by atoms with E-state index in [0.29, 0.717) is 10.8 Å². The molecule has 1 atom stereocenters. The molecule has 38 heavy (non-hydrogen) atoms. The zero-order chi connectivity index (χ0) is 27.2. The summed E-state index contributed by atoms with van der Waals surface area (Å²) < 4.78 is 11.6. The summed E-state index contributed by atoms with van der Waals surface area (Å²) >= 11 is 1.40. The van der Waals surface area contributed by atoms with Gasteiger partial charge in [-0.15, -0.1) is 11.3 Å². The molecule has 1 amide bonds. The molecule has 202 valence electrons. The van der Waals surface area contributed by atoms with Gasteiger partial charge in [-0.1, -0.05) is 43.7 Å². The van der Waals surface area contributed by atoms with Crippen LogP contribution in [0.25, 0.3) is 0 Å². The van der Waals surface area contributed by atoms with Crippen LogP contribution in [-0.4, -0.2) is 48.3 Å². The van der Waals surface area contributed by atoms with Crippen LogP contribution in [0.4, 0.5) is 11.5 Å². The highest BCUT2D eigenvalue weighted by Gasteiger charge is 2.27. The molecule has 0 unspecified atom stereocenters. The van der Waals surface area contributed by atoms with Crippen LogP contribution in [0.5, 0.6) is 0 Å². The van der Waals surface area contributed by atoms with E-state index in [1.54, 1.807) is 0 Å². The number of ether oxygens (including phenoxy) is 2. The number of aromatic nitrogens is 2. The third-order valence-corrected chi connectivity index (χ3v) is 7.99. The van der Waals surface area contributed by atoms with Gasteiger partial charge in [-0.05, 0) is 42.4 Å². The van der Waals surface area contributed by atoms with Crippen molar-refractivity contribution in [1.29, 1.82) is 0 Å². The molecule has 0 saturated carbocycles. The number of benzene rings is 1. The van der Waals surface area contributed by atoms with Gasteiger partial charge in [-0.3, -0.25) is 24.0 Å². The maximum absolute atomic E-state index is 13.2. The number of aryl methyl sites for hydroxylation is 1. The number of hydrogen-bond acceptors (Lipinski definition) is 8. The van der Waals surface area contributed by atoms with Crippen molar-refractivity contribution in [1.82, 2.24) is 9.55 Å². The summed E-state index contributed by atoms with van der Waals surface area (Å²) in [7, 11) is 1.45. The molecule has 3 N–H and O–H groups in total. The first-order valence-corrected chi connectivity index (χ1v) is 13.4. The van der Waals surface area contributed by atoms with Crippen molar-refractivity contribution in [3.05, 3.63) is 78.1 Å². The van der Waals surface area contributed by atoms with Crippen molar-refractivity contribution in [2.24, 2.45) is 5.92 Å². The standard InChI is InChI=1S/C27H32N4O6S/c1-3-17-9-10-20-19(13-17)14-21(38-20)26(34)37-16-22(32)30(11-12-36-2)23-24(28)31(27(35)29-25(23)33)15-18-7-5-4-6-8-18/h4-8,14,17H,3,9-13,15-16,28H2,1-2H3,(H,29,33,35)/t17-/m1/s1. The van der Waals surface area contributed by atoms with E-state index in [0.717, 1.165) is 36.1 Å². The van der Waals surface area contributed by atoms with E-state index in [1.165, 1.54) is 33.5 Å². The number of nitrogens with two attached hydrogens (primary N) is 1. The predicted octanol–water partition coefficient (Wildman–Crippen LogP) is 2.58. The topological polar surface area (TPSA) is 137 Å². The fourth-order valence-corrected chi connectivity index (χ4v) is 5.73. The number of nitrogens with zero attached hydrogens (tertiary/aromatic N) is 2. The molecule has 0 spiro atoms. The lowest BCUT2D eigenvalue weighted by Gasteiger charge is -2.24. The largest absolute Gasteiger partial charge is 0.451 e. The fourth-order valence-electron chi connectivity index (χ4n) is 4.63. The molecule has 1 aliphatic rings. The number of esters is 1. The van der Waals surface area contributed by atoms with Crippen LogP contribution in [0, 0.1) is 5.92 Å². The minimum atomic E-state index is -0.816. The molecule has 2 heterocycles. The Balaban J connectivity index is 1.54. The first kappa shape index (κ1) is 27.3. The molecular weight excluding hydrogens is 508 g/mol. The van der Waals surface area contributed by atoms with E-state index in [2.05, 4.69) is 11.9 Å². The van der Waals surface area contributed by atoms with Gasteiger partial charge in [0.05, 0.1) is 13.2 Å². The van der Waals surface area contributed by atoms with Crippen molar-refractivity contribution in [2.75, 3.05) is 37.5 Å². The summed E-state index contributed by atoms with van der Waals surface area (Å²) in [5.74, 6) is -0.807. The maximum Gasteiger partial charge on any atom is 0.348 e. The second-order valence-electron chi connectivity index (χ2n) is 9.26. The molecule has 4 rings (SSSR count). The number of nitrogen functional groups attached to an aromatic ring is 1. The van der Waals surface area contributed by atoms with Crippen LogP contribution < -0.4 is 21.9 Å². The lowest BCUT2D eigenvalue weighted by atomic mass is 9.87. The van der Waals surface area contributed by atoms with Gasteiger partial charge < -0.3 is 15.2 Å². The molecule has 1 aromatic carbocycles. The minimum absolute atomic E-state index is 0.0323. The molecule has 10 nitrogen and oxygen atoms in total. The van der Waals surface area contributed by atoms with E-state index < -0.39 is 29.7 Å². The van der Waals surface area contributed by atoms with Gasteiger partial charge in [-0.25, -0.2) is 9.59 Å². The van der Waals surface area contributed by atoms with Crippen molar-refractivity contribution in [3.63, 3.8) is 0 Å². The highest BCUT2D eigenvalue weighted by molar-refractivity contribution is 7.14. The van der Waals surface area contributed by atoms with Crippen LogP contribution >= 0.6 is 11.3 Å². The second kappa shape index (κ2) is 12.2. The van der Waals surface area contributed by atoms with Gasteiger partial charge in [0.25, 0.3) is 11.5 Å². The van der Waals surface area contributed by atoms with E-state index in [-0.39, 0.29) is 31.2 Å². The summed E-state index contributed by atoms with van der Waals surface area (Å²) in [6.45, 7) is 1.73. The van der Waals surface area contributed by atoms with Gasteiger partial charge >= 0.3 is 11.7 Å². The number of hydrogen-bond donors (Lipinski definition) is 2. The molecule has 11 heteroatoms. The zero-order valence-corrected chi connectivity index (χ0v) is 22.3. The number of anilines is 2. The number of fused-ring (bicyclic) bond motifs is 1. The van der Waals surface area contributed by atoms with Gasteiger partial charge in [0.2, 0.25) is 0 Å². The number of carbonyl (C=O) groups excluding carboxylic acids is 2. The Labute approximate surface area is 224 Å². The summed E-state index contributed by atoms with van der Waals surface area (Å²) in [5, 5.41) is 0. The van der Waals surface area contributed by atoms with E-state index in [1.807, 2.05) is 36.4 Å². The minimum Gasteiger partial charge on any atom is -0.451 e. The Hall–Kier alpha value is -3.70. The molecule has 0 saturated heterocycles. The Morgan fingerprint density at radius 1 is 1.24 bits per heavy atom. The quantitative estimate of drug-likeness (QED) is 0.377. The molecular formula is C27H32N4O6S. The molecule has 3 aromatic rings. The van der Waals surface area contributed by atoms with Gasteiger partial charge in [0, 0.05) is 18.5 Å². The smallest absolute Gasteiger partial charge is 0.348 e. The molecule has 0 aliphatic heterocycles. The highest BCUT2D eigenvalue weighted by Crippen LogP contribution is 2.33. The van der Waals surface area contributed by atoms with Gasteiger partial charge in [0.1, 0.15) is 10.7 Å². The average Bonchev–Trinajstić information content (AvgIpc) is 3.35. The summed E-state index contributed by atoms with van der Waals surface area (Å²) in [6, 6.07) is 11.0. The Kier molecular flexibility index (Phi) is 8.80. The van der Waals surface area contributed by atoms with Crippen molar-refractivity contribution in [3.8, 4) is 0 Å². The molecule has 0 bridgehead atoms. The number of carbonyl (C=O) groups is 2. The van der Waals surface area contributed by atoms with Crippen LogP contribution in [0.2, 0.25) is 0 Å². The maximum atomic E-state index is 13.2.